The molecule has 5 nitrogen and oxygen atoms in total. The summed E-state index contributed by atoms with van der Waals surface area (Å²) in [7, 11) is -4.94. The minimum Gasteiger partial charge on any atom is -0.222 e. The maximum atomic E-state index is 8.49. The van der Waals surface area contributed by atoms with Crippen LogP contribution in [0.2, 0.25) is 5.32 Å². The van der Waals surface area contributed by atoms with Crippen LogP contribution in [0.4, 0.5) is 0 Å². The van der Waals surface area contributed by atoms with Crippen molar-refractivity contribution in [3.8, 4) is 0 Å². The fraction of sp³-hybridized carbons (Fsp3) is 0.333. The van der Waals surface area contributed by atoms with E-state index in [-0.39, 0.29) is 0 Å². The average molecular weight is 315 g/mol. The summed E-state index contributed by atoms with van der Waals surface area (Å²) < 4.78 is 35.5. The van der Waals surface area contributed by atoms with Crippen LogP contribution in [0.25, 0.3) is 0 Å². The normalized spacial score (nSPS) is 10.6. The predicted molar refractivity (Wildman–Crippen MR) is 49.0 cm³/mol. The first-order valence-electron chi connectivity index (χ1n) is 4.52. The van der Waals surface area contributed by atoms with Crippen LogP contribution in [-0.4, -0.2) is 21.5 Å². The molecule has 0 aliphatic rings. The van der Waals surface area contributed by atoms with Crippen molar-refractivity contribution in [3.63, 3.8) is 0 Å². The molecule has 0 saturated carbocycles. The van der Waals surface area contributed by atoms with E-state index >= 15 is 0 Å². The van der Waals surface area contributed by atoms with Crippen molar-refractivity contribution in [1.29, 1.82) is 0 Å². The largest absolute Gasteiger partial charge is 0.222 e. The summed E-state index contributed by atoms with van der Waals surface area (Å²) in [5.74, 6) is 0. The molecule has 3 N–H and O–H groups in total. The number of quaternary nitrogens is 1. The molecule has 1 aromatic rings. The molecule has 0 aliphatic carbocycles. The molecule has 0 saturated heterocycles. The minimum absolute atomic E-state index is 0.680. The third-order valence-corrected chi connectivity index (χ3v) is 3.71. The van der Waals surface area contributed by atoms with E-state index in [1.165, 1.54) is 16.2 Å². The Bertz CT molecular complexity index is 262. The predicted octanol–water partition coefficient (Wildman–Crippen LogP) is -4.69. The van der Waals surface area contributed by atoms with Crippen LogP contribution in [0.1, 0.15) is 6.42 Å². The summed E-state index contributed by atoms with van der Waals surface area (Å²) in [6.07, 6.45) is 1.27. The SMILES string of the molecule is [NH3+]CCC[Se]c1ccccc1.[O-][Cl+3]([O-])([O-])[O-]. The molecular weight excluding hydrogens is 301 g/mol. The first-order valence-corrected chi connectivity index (χ1v) is 7.82. The fourth-order valence-corrected chi connectivity index (χ4v) is 2.77. The molecule has 0 fully saturated rings. The molecule has 92 valence electrons. The zero-order chi connectivity index (χ0) is 12.4. The third-order valence-electron chi connectivity index (χ3n) is 1.41. The van der Waals surface area contributed by atoms with Gasteiger partial charge in [0.2, 0.25) is 0 Å². The summed E-state index contributed by atoms with van der Waals surface area (Å²) in [6, 6.07) is 10.7. The van der Waals surface area contributed by atoms with Crippen LogP contribution in [-0.2, 0) is 0 Å². The van der Waals surface area contributed by atoms with E-state index in [0.717, 1.165) is 6.54 Å². The standard InChI is InChI=1S/C9H13NSe.ClHO4/c10-7-4-8-11-9-5-2-1-3-6-9;2-1(3,4)5/h1-3,5-6H,4,7-8,10H2;(H,2,3,4,5). The van der Waals surface area contributed by atoms with Gasteiger partial charge in [-0.05, 0) is 0 Å². The molecule has 0 unspecified atom stereocenters. The van der Waals surface area contributed by atoms with Crippen molar-refractivity contribution in [2.24, 2.45) is 0 Å². The Hall–Kier alpha value is -0.171. The van der Waals surface area contributed by atoms with E-state index in [0.29, 0.717) is 15.0 Å². The molecule has 1 aromatic carbocycles. The molecule has 0 spiro atoms. The van der Waals surface area contributed by atoms with Gasteiger partial charge in [-0.3, -0.25) is 0 Å². The summed E-state index contributed by atoms with van der Waals surface area (Å²) in [4.78, 5) is 0. The van der Waals surface area contributed by atoms with Crippen molar-refractivity contribution in [1.82, 2.24) is 0 Å². The summed E-state index contributed by atoms with van der Waals surface area (Å²) in [5, 5.41) is 1.33. The summed E-state index contributed by atoms with van der Waals surface area (Å²) in [5.41, 5.74) is 3.83. The molecular formula is C9H14ClNO4Se. The maximum absolute atomic E-state index is 8.49. The van der Waals surface area contributed by atoms with E-state index in [2.05, 4.69) is 36.1 Å². The Morgan fingerprint density at radius 2 is 1.56 bits per heavy atom. The molecule has 16 heavy (non-hydrogen) atoms. The van der Waals surface area contributed by atoms with Gasteiger partial charge in [0.15, 0.2) is 0 Å². The van der Waals surface area contributed by atoms with Crippen LogP contribution < -0.4 is 28.8 Å². The van der Waals surface area contributed by atoms with Gasteiger partial charge in [-0.25, -0.2) is 18.6 Å². The Morgan fingerprint density at radius 1 is 1.06 bits per heavy atom. The molecule has 0 aliphatic heterocycles. The zero-order valence-electron chi connectivity index (χ0n) is 8.63. The second kappa shape index (κ2) is 8.92. The Morgan fingerprint density at radius 3 is 2.00 bits per heavy atom. The Balaban J connectivity index is 0.000000385. The molecule has 0 radical (unpaired) electrons. The van der Waals surface area contributed by atoms with Gasteiger partial charge in [0, 0.05) is 0 Å². The van der Waals surface area contributed by atoms with Gasteiger partial charge in [-0.2, -0.15) is 0 Å². The van der Waals surface area contributed by atoms with E-state index in [4.69, 9.17) is 18.6 Å². The van der Waals surface area contributed by atoms with Crippen molar-refractivity contribution in [2.75, 3.05) is 6.54 Å². The average Bonchev–Trinajstić information content (AvgIpc) is 2.17. The van der Waals surface area contributed by atoms with Crippen LogP contribution in [0.5, 0.6) is 0 Å². The topological polar surface area (TPSA) is 120 Å². The van der Waals surface area contributed by atoms with Crippen molar-refractivity contribution in [3.05, 3.63) is 30.3 Å². The van der Waals surface area contributed by atoms with Crippen molar-refractivity contribution < 1.29 is 34.6 Å². The van der Waals surface area contributed by atoms with Gasteiger partial charge in [-0.1, -0.05) is 0 Å². The van der Waals surface area contributed by atoms with Crippen LogP contribution in [0, 0.1) is 10.2 Å². The molecule has 0 bridgehead atoms. The van der Waals surface area contributed by atoms with Gasteiger partial charge < -0.3 is 0 Å². The zero-order valence-corrected chi connectivity index (χ0v) is 11.1. The van der Waals surface area contributed by atoms with Gasteiger partial charge in [-0.15, -0.1) is 10.2 Å². The number of hydrogen-bond donors (Lipinski definition) is 1. The summed E-state index contributed by atoms with van der Waals surface area (Å²) >= 11 is 0.680. The van der Waals surface area contributed by atoms with Crippen LogP contribution in [0.3, 0.4) is 0 Å². The molecule has 0 atom stereocenters. The molecule has 1 rings (SSSR count). The minimum atomic E-state index is -4.94. The monoisotopic (exact) mass is 315 g/mol. The second-order valence-electron chi connectivity index (χ2n) is 2.75. The first kappa shape index (κ1) is 15.8. The summed E-state index contributed by atoms with van der Waals surface area (Å²) in [6.45, 7) is 1.08. The quantitative estimate of drug-likeness (QED) is 0.443. The van der Waals surface area contributed by atoms with Gasteiger partial charge >= 0.3 is 73.8 Å². The van der Waals surface area contributed by atoms with Crippen LogP contribution in [0.15, 0.2) is 30.3 Å². The number of halogens is 1. The van der Waals surface area contributed by atoms with Crippen molar-refractivity contribution >= 4 is 19.4 Å². The number of benzene rings is 1. The second-order valence-corrected chi connectivity index (χ2v) is 5.95. The molecule has 0 amide bonds. The Labute approximate surface area is 103 Å². The van der Waals surface area contributed by atoms with E-state index in [1.807, 2.05) is 0 Å². The number of rotatable bonds is 4. The van der Waals surface area contributed by atoms with Gasteiger partial charge in [0.1, 0.15) is 0 Å². The molecule has 0 aromatic heterocycles. The van der Waals surface area contributed by atoms with E-state index < -0.39 is 10.2 Å². The maximum Gasteiger partial charge on any atom is -0.112 e. The molecule has 7 heteroatoms. The third kappa shape index (κ3) is 13.8. The fourth-order valence-electron chi connectivity index (χ4n) is 0.809. The number of hydrogen-bond acceptors (Lipinski definition) is 4. The van der Waals surface area contributed by atoms with Crippen molar-refractivity contribution in [2.45, 2.75) is 11.7 Å². The van der Waals surface area contributed by atoms with Gasteiger partial charge in [0.25, 0.3) is 0 Å². The first-order chi connectivity index (χ1) is 7.43. The smallest absolute Gasteiger partial charge is 0.112 e. The van der Waals surface area contributed by atoms with Crippen LogP contribution >= 0.6 is 0 Å². The van der Waals surface area contributed by atoms with E-state index in [1.54, 1.807) is 0 Å². The Kier molecular flexibility index (Phi) is 8.83. The van der Waals surface area contributed by atoms with Gasteiger partial charge in [0.05, 0.1) is 0 Å². The van der Waals surface area contributed by atoms with E-state index in [9.17, 15) is 0 Å². The molecule has 0 heterocycles.